The van der Waals surface area contributed by atoms with E-state index in [0.29, 0.717) is 6.54 Å². The highest BCUT2D eigenvalue weighted by molar-refractivity contribution is 5.79. The van der Waals surface area contributed by atoms with Gasteiger partial charge in [-0.3, -0.25) is 4.40 Å². The summed E-state index contributed by atoms with van der Waals surface area (Å²) in [7, 11) is 0. The zero-order valence-corrected chi connectivity index (χ0v) is 15.2. The van der Waals surface area contributed by atoms with Crippen LogP contribution in [-0.2, 0) is 6.54 Å². The molecule has 6 heteroatoms. The molecule has 0 amide bonds. The topological polar surface area (TPSA) is 66.6 Å². The molecule has 1 aliphatic rings. The van der Waals surface area contributed by atoms with Crippen LogP contribution in [0.4, 0.5) is 0 Å². The number of nitrogens with one attached hydrogen (secondary N) is 2. The summed E-state index contributed by atoms with van der Waals surface area (Å²) in [5.41, 5.74) is 0.861. The molecule has 136 valence electrons. The van der Waals surface area contributed by atoms with Gasteiger partial charge < -0.3 is 10.6 Å². The lowest BCUT2D eigenvalue weighted by Gasteiger charge is -2.21. The van der Waals surface area contributed by atoms with E-state index in [2.05, 4.69) is 27.8 Å². The Bertz CT molecular complexity index is 669. The van der Waals surface area contributed by atoms with E-state index in [1.807, 2.05) is 28.8 Å². The molecule has 0 aromatic carbocycles. The van der Waals surface area contributed by atoms with E-state index in [1.54, 1.807) is 0 Å². The van der Waals surface area contributed by atoms with Crippen molar-refractivity contribution in [3.05, 3.63) is 30.2 Å². The molecule has 2 aromatic heterocycles. The van der Waals surface area contributed by atoms with E-state index in [9.17, 15) is 0 Å². The predicted octanol–water partition coefficient (Wildman–Crippen LogP) is 3.14. The number of rotatable bonds is 5. The van der Waals surface area contributed by atoms with Crippen LogP contribution < -0.4 is 10.6 Å². The number of fused-ring (bicyclic) bond motifs is 1. The van der Waals surface area contributed by atoms with Crippen LogP contribution in [0.3, 0.4) is 0 Å². The Hall–Kier alpha value is -2.11. The van der Waals surface area contributed by atoms with Crippen molar-refractivity contribution >= 4 is 11.6 Å². The molecule has 0 bridgehead atoms. The number of hydrogen-bond donors (Lipinski definition) is 2. The smallest absolute Gasteiger partial charge is 0.191 e. The summed E-state index contributed by atoms with van der Waals surface area (Å²) in [6.45, 7) is 4.48. The maximum Gasteiger partial charge on any atom is 0.191 e. The fourth-order valence-electron chi connectivity index (χ4n) is 3.48. The zero-order valence-electron chi connectivity index (χ0n) is 15.2. The van der Waals surface area contributed by atoms with E-state index in [4.69, 9.17) is 4.99 Å². The first-order valence-corrected chi connectivity index (χ1v) is 9.67. The average Bonchev–Trinajstić information content (AvgIpc) is 3.02. The minimum atomic E-state index is 0.519. The third-order valence-corrected chi connectivity index (χ3v) is 4.89. The second kappa shape index (κ2) is 9.39. The molecule has 0 spiro atoms. The summed E-state index contributed by atoms with van der Waals surface area (Å²) in [5, 5.41) is 15.3. The van der Waals surface area contributed by atoms with E-state index >= 15 is 0 Å². The van der Waals surface area contributed by atoms with Gasteiger partial charge in [0, 0.05) is 19.3 Å². The van der Waals surface area contributed by atoms with E-state index < -0.39 is 0 Å². The Kier molecular flexibility index (Phi) is 6.65. The van der Waals surface area contributed by atoms with Gasteiger partial charge in [0.05, 0.1) is 0 Å². The monoisotopic (exact) mass is 342 g/mol. The van der Waals surface area contributed by atoms with Crippen molar-refractivity contribution in [2.45, 2.75) is 58.4 Å². The highest BCUT2D eigenvalue weighted by Gasteiger charge is 2.12. The number of guanidine groups is 1. The second-order valence-corrected chi connectivity index (χ2v) is 6.83. The van der Waals surface area contributed by atoms with Gasteiger partial charge in [-0.25, -0.2) is 4.99 Å². The van der Waals surface area contributed by atoms with Crippen molar-refractivity contribution in [3.63, 3.8) is 0 Å². The molecule has 2 heterocycles. The Labute approximate surface area is 150 Å². The Morgan fingerprint density at radius 1 is 1.12 bits per heavy atom. The maximum atomic E-state index is 4.70. The van der Waals surface area contributed by atoms with Crippen molar-refractivity contribution < 1.29 is 0 Å². The quantitative estimate of drug-likeness (QED) is 0.647. The molecule has 25 heavy (non-hydrogen) atoms. The van der Waals surface area contributed by atoms with Crippen LogP contribution in [0.15, 0.2) is 29.4 Å². The second-order valence-electron chi connectivity index (χ2n) is 6.83. The summed E-state index contributed by atoms with van der Waals surface area (Å²) in [6, 6.07) is 5.91. The Morgan fingerprint density at radius 2 is 1.92 bits per heavy atom. The van der Waals surface area contributed by atoms with Gasteiger partial charge in [-0.05, 0) is 37.8 Å². The maximum absolute atomic E-state index is 4.70. The van der Waals surface area contributed by atoms with Crippen molar-refractivity contribution in [3.8, 4) is 0 Å². The lowest BCUT2D eigenvalue weighted by Crippen LogP contribution is -2.40. The van der Waals surface area contributed by atoms with Crippen LogP contribution in [-0.4, -0.2) is 33.6 Å². The molecule has 0 unspecified atom stereocenters. The van der Waals surface area contributed by atoms with Crippen LogP contribution in [0.25, 0.3) is 5.65 Å². The van der Waals surface area contributed by atoms with Crippen molar-refractivity contribution in [1.29, 1.82) is 0 Å². The fourth-order valence-corrected chi connectivity index (χ4v) is 3.48. The molecular formula is C19H30N6. The van der Waals surface area contributed by atoms with Gasteiger partial charge in [-0.1, -0.05) is 38.2 Å². The van der Waals surface area contributed by atoms with Crippen molar-refractivity contribution in [1.82, 2.24) is 25.2 Å². The van der Waals surface area contributed by atoms with Crippen molar-refractivity contribution in [2.24, 2.45) is 10.9 Å². The fraction of sp³-hybridized carbons (Fsp3) is 0.632. The average molecular weight is 342 g/mol. The summed E-state index contributed by atoms with van der Waals surface area (Å²) < 4.78 is 1.99. The largest absolute Gasteiger partial charge is 0.357 e. The zero-order chi connectivity index (χ0) is 17.3. The number of pyridine rings is 1. The minimum Gasteiger partial charge on any atom is -0.357 e. The molecule has 0 atom stereocenters. The van der Waals surface area contributed by atoms with E-state index in [0.717, 1.165) is 36.4 Å². The minimum absolute atomic E-state index is 0.519. The standard InChI is InChI=1S/C19H30N6/c1-2-20-19(21-14-16-10-6-4-3-5-7-11-16)22-15-18-24-23-17-12-8-9-13-25(17)18/h8-9,12-13,16H,2-7,10-11,14-15H2,1H3,(H2,20,21,22). The first-order valence-electron chi connectivity index (χ1n) is 9.67. The molecule has 1 saturated carbocycles. The van der Waals surface area contributed by atoms with Crippen LogP contribution in [0.2, 0.25) is 0 Å². The summed E-state index contributed by atoms with van der Waals surface area (Å²) in [5.74, 6) is 2.49. The van der Waals surface area contributed by atoms with Crippen LogP contribution in [0, 0.1) is 5.92 Å². The van der Waals surface area contributed by atoms with Gasteiger partial charge in [0.1, 0.15) is 6.54 Å². The predicted molar refractivity (Wildman–Crippen MR) is 102 cm³/mol. The number of aromatic nitrogens is 3. The normalized spacial score (nSPS) is 17.2. The lowest BCUT2D eigenvalue weighted by atomic mass is 9.91. The van der Waals surface area contributed by atoms with E-state index in [1.165, 1.54) is 44.9 Å². The van der Waals surface area contributed by atoms with Gasteiger partial charge >= 0.3 is 0 Å². The van der Waals surface area contributed by atoms with Crippen LogP contribution in [0.5, 0.6) is 0 Å². The molecule has 6 nitrogen and oxygen atoms in total. The third kappa shape index (κ3) is 5.18. The Balaban J connectivity index is 1.58. The highest BCUT2D eigenvalue weighted by atomic mass is 15.3. The van der Waals surface area contributed by atoms with Gasteiger partial charge in [0.15, 0.2) is 17.4 Å². The third-order valence-electron chi connectivity index (χ3n) is 4.89. The molecule has 0 saturated heterocycles. The van der Waals surface area contributed by atoms with Gasteiger partial charge in [-0.15, -0.1) is 10.2 Å². The van der Waals surface area contributed by atoms with Gasteiger partial charge in [0.2, 0.25) is 0 Å². The first kappa shape index (κ1) is 17.7. The van der Waals surface area contributed by atoms with Crippen molar-refractivity contribution in [2.75, 3.05) is 13.1 Å². The molecule has 1 fully saturated rings. The van der Waals surface area contributed by atoms with E-state index in [-0.39, 0.29) is 0 Å². The SMILES string of the molecule is CCNC(=NCc1nnc2ccccn12)NCC1CCCCCCC1. The molecule has 0 radical (unpaired) electrons. The van der Waals surface area contributed by atoms with Gasteiger partial charge in [-0.2, -0.15) is 0 Å². The molecular weight excluding hydrogens is 312 g/mol. The van der Waals surface area contributed by atoms with Gasteiger partial charge in [0.25, 0.3) is 0 Å². The molecule has 2 aromatic rings. The van der Waals surface area contributed by atoms with Crippen LogP contribution >= 0.6 is 0 Å². The summed E-state index contributed by atoms with van der Waals surface area (Å²) >= 11 is 0. The summed E-state index contributed by atoms with van der Waals surface area (Å²) in [6.07, 6.45) is 11.6. The Morgan fingerprint density at radius 3 is 2.72 bits per heavy atom. The molecule has 1 aliphatic carbocycles. The molecule has 0 aliphatic heterocycles. The highest BCUT2D eigenvalue weighted by Crippen LogP contribution is 2.21. The molecule has 3 rings (SSSR count). The number of aliphatic imine (C=N–C) groups is 1. The number of hydrogen-bond acceptors (Lipinski definition) is 3. The van der Waals surface area contributed by atoms with Crippen LogP contribution in [0.1, 0.15) is 57.7 Å². The number of nitrogens with zero attached hydrogens (tertiary/aromatic N) is 4. The molecule has 2 N–H and O–H groups in total. The lowest BCUT2D eigenvalue weighted by molar-refractivity contribution is 0.375. The first-order chi connectivity index (χ1) is 12.4. The summed E-state index contributed by atoms with van der Waals surface area (Å²) in [4.78, 5) is 4.70.